The van der Waals surface area contributed by atoms with E-state index in [9.17, 15) is 14.3 Å². The normalized spacial score (nSPS) is 37.1. The second-order valence-corrected chi connectivity index (χ2v) is 14.7. The van der Waals surface area contributed by atoms with E-state index in [1.165, 1.54) is 35.2 Å². The minimum Gasteiger partial charge on any atom is -0.444 e. The number of nitrogen functional groups attached to an aromatic ring is 2. The van der Waals surface area contributed by atoms with Gasteiger partial charge in [0.25, 0.3) is 5.56 Å². The summed E-state index contributed by atoms with van der Waals surface area (Å²) in [6.07, 6.45) is -7.46. The highest BCUT2D eigenvalue weighted by Gasteiger charge is 2.52. The highest BCUT2D eigenvalue weighted by atomic mass is 32.5. The number of imidazole rings is 2. The van der Waals surface area contributed by atoms with E-state index >= 15 is 4.39 Å². The lowest BCUT2D eigenvalue weighted by molar-refractivity contribution is -0.0592. The SMILES string of the molecule is [B-][P@]1(=O)OCC2OC(n3cnc4c(=O)[nH]c(N)nc43)C(OP(O)(=S)OCC3OC(n4cnc5c(N)ncnc54)C(F)C3O1)C2OC. The van der Waals surface area contributed by atoms with Crippen molar-refractivity contribution in [2.45, 2.75) is 49.1 Å². The Hall–Kier alpha value is -2.95. The number of aromatic nitrogens is 8. The van der Waals surface area contributed by atoms with Crippen molar-refractivity contribution in [1.29, 1.82) is 0 Å². The number of nitrogens with two attached hydrogens (primary N) is 2. The lowest BCUT2D eigenvalue weighted by Crippen LogP contribution is -2.37. The summed E-state index contributed by atoms with van der Waals surface area (Å²) in [4.78, 5) is 46.2. The molecule has 4 aromatic heterocycles. The maximum atomic E-state index is 16.1. The first-order valence-corrected chi connectivity index (χ1v) is 17.6. The predicted octanol–water partition coefficient (Wildman–Crippen LogP) is -0.418. The van der Waals surface area contributed by atoms with Gasteiger partial charge in [-0.25, -0.2) is 24.3 Å². The molecular formula is C21H24BFN10O10P2S-. The van der Waals surface area contributed by atoms with Gasteiger partial charge in [-0.05, 0) is 11.8 Å². The molecule has 3 aliphatic heterocycles. The van der Waals surface area contributed by atoms with E-state index in [0.29, 0.717) is 0 Å². The quantitative estimate of drug-likeness (QED) is 0.156. The highest BCUT2D eigenvalue weighted by molar-refractivity contribution is 8.07. The number of nitrogens with zero attached hydrogens (tertiary/aromatic N) is 7. The van der Waals surface area contributed by atoms with Crippen LogP contribution < -0.4 is 17.0 Å². The Morgan fingerprint density at radius 2 is 1.74 bits per heavy atom. The summed E-state index contributed by atoms with van der Waals surface area (Å²) in [5.74, 6) is -0.149. The summed E-state index contributed by atoms with van der Waals surface area (Å²) >= 11 is 5.31. The van der Waals surface area contributed by atoms with Crippen molar-refractivity contribution < 1.29 is 46.2 Å². The number of hydrogen-bond acceptors (Lipinski definition) is 17. The minimum atomic E-state index is -4.55. The standard InChI is InChI=1S/C21H24BFN10O10P2S/c1-37-13-8-2-38-44(22,35)42-12-7(40-19(9(12)23)32-5-28-10-15(24)26-4-27-16(10)32)3-39-45(36,46)43-14(13)20(41-8)33-6-29-11-17(33)30-21(25)31-18(11)34/h4-9,12-14,19-20H,2-3H2,1H3,(H,36,46)(H2,24,26,27)(H3,25,30,31,34)/q-1/t7?,8?,9?,12?,13?,14?,19?,20?,44-,45?/m0/s1. The van der Waals surface area contributed by atoms with Crippen molar-refractivity contribution in [3.8, 4) is 0 Å². The number of methoxy groups -OCH3 is 1. The molecule has 7 heterocycles. The zero-order valence-corrected chi connectivity index (χ0v) is 26.0. The third-order valence-electron chi connectivity index (χ3n) is 7.55. The Morgan fingerprint density at radius 3 is 2.50 bits per heavy atom. The molecule has 0 amide bonds. The Kier molecular flexibility index (Phi) is 8.00. The maximum Gasteiger partial charge on any atom is 0.325 e. The molecule has 25 heteroatoms. The van der Waals surface area contributed by atoms with E-state index in [4.69, 9.17) is 63.1 Å². The van der Waals surface area contributed by atoms with Gasteiger partial charge in [-0.1, -0.05) is 0 Å². The average Bonchev–Trinajstić information content (AvgIpc) is 3.75. The number of fused-ring (bicyclic) bond motifs is 5. The minimum absolute atomic E-state index is 0.0126. The van der Waals surface area contributed by atoms with Gasteiger partial charge in [-0.3, -0.25) is 23.4 Å². The number of anilines is 2. The Balaban J connectivity index is 1.22. The molecule has 7 rings (SSSR count). The van der Waals surface area contributed by atoms with Crippen LogP contribution in [-0.2, 0) is 48.7 Å². The molecular weight excluding hydrogens is 676 g/mol. The van der Waals surface area contributed by atoms with Crippen LogP contribution in [0.5, 0.6) is 0 Å². The van der Waals surface area contributed by atoms with Crippen molar-refractivity contribution in [3.63, 3.8) is 0 Å². The fourth-order valence-corrected chi connectivity index (χ4v) is 7.97. The molecule has 3 fully saturated rings. The van der Waals surface area contributed by atoms with Crippen LogP contribution in [0.1, 0.15) is 12.5 Å². The smallest absolute Gasteiger partial charge is 0.325 e. The molecule has 0 spiro atoms. The lowest BCUT2D eigenvalue weighted by atomic mass is 10.1. The molecule has 3 aliphatic rings. The topological polar surface area (TPSA) is 261 Å². The van der Waals surface area contributed by atoms with Gasteiger partial charge in [-0.2, -0.15) is 4.98 Å². The zero-order chi connectivity index (χ0) is 32.5. The van der Waals surface area contributed by atoms with Gasteiger partial charge in [0.05, 0.1) is 33.3 Å². The summed E-state index contributed by atoms with van der Waals surface area (Å²) in [5, 5.41) is 0. The van der Waals surface area contributed by atoms with E-state index < -0.39 is 82.1 Å². The first-order chi connectivity index (χ1) is 21.9. The largest absolute Gasteiger partial charge is 0.444 e. The van der Waals surface area contributed by atoms with Gasteiger partial charge < -0.3 is 56.3 Å². The summed E-state index contributed by atoms with van der Waals surface area (Å²) in [6, 6.07) is 0. The molecule has 0 aliphatic carbocycles. The Labute approximate surface area is 263 Å². The lowest BCUT2D eigenvalue weighted by Gasteiger charge is -2.33. The molecule has 2 bridgehead atoms. The van der Waals surface area contributed by atoms with Crippen molar-refractivity contribution >= 4 is 67.7 Å². The monoisotopic (exact) mass is 700 g/mol. The van der Waals surface area contributed by atoms with Gasteiger partial charge in [-0.15, -0.1) is 0 Å². The first-order valence-electron chi connectivity index (χ1n) is 13.4. The highest BCUT2D eigenvalue weighted by Crippen LogP contribution is 2.54. The van der Waals surface area contributed by atoms with E-state index in [0.717, 1.165) is 0 Å². The molecule has 9 unspecified atom stereocenters. The second kappa shape index (κ2) is 11.6. The number of rotatable bonds is 3. The van der Waals surface area contributed by atoms with Crippen LogP contribution in [0.3, 0.4) is 0 Å². The number of aromatic amines is 1. The van der Waals surface area contributed by atoms with Crippen molar-refractivity contribution in [2.24, 2.45) is 0 Å². The number of hydrogen-bond donors (Lipinski definition) is 4. The summed E-state index contributed by atoms with van der Waals surface area (Å²) in [5.41, 5.74) is 11.3. The summed E-state index contributed by atoms with van der Waals surface area (Å²) in [6.45, 7) is -5.36. The maximum absolute atomic E-state index is 16.1. The van der Waals surface area contributed by atoms with E-state index in [2.05, 4.69) is 29.9 Å². The van der Waals surface area contributed by atoms with Crippen molar-refractivity contribution in [2.75, 3.05) is 31.8 Å². The summed E-state index contributed by atoms with van der Waals surface area (Å²) in [7, 11) is 2.69. The number of alkyl halides is 1. The zero-order valence-electron chi connectivity index (χ0n) is 23.4. The van der Waals surface area contributed by atoms with Crippen LogP contribution in [0.4, 0.5) is 16.2 Å². The van der Waals surface area contributed by atoms with Gasteiger partial charge in [0.2, 0.25) is 5.95 Å². The van der Waals surface area contributed by atoms with Crippen molar-refractivity contribution in [3.05, 3.63) is 29.3 Å². The molecule has 245 valence electrons. The van der Waals surface area contributed by atoms with Crippen LogP contribution in [0.2, 0.25) is 0 Å². The van der Waals surface area contributed by atoms with Crippen molar-refractivity contribution in [1.82, 2.24) is 39.0 Å². The van der Waals surface area contributed by atoms with Crippen LogP contribution in [0.15, 0.2) is 23.8 Å². The van der Waals surface area contributed by atoms with Gasteiger partial charge >= 0.3 is 6.72 Å². The van der Waals surface area contributed by atoms with Gasteiger partial charge in [0.1, 0.15) is 42.4 Å². The van der Waals surface area contributed by atoms with E-state index in [-0.39, 0.29) is 34.1 Å². The van der Waals surface area contributed by atoms with E-state index in [1.807, 2.05) is 0 Å². The second-order valence-electron chi connectivity index (χ2n) is 10.4. The third kappa shape index (κ3) is 5.54. The average molecular weight is 700 g/mol. The summed E-state index contributed by atoms with van der Waals surface area (Å²) < 4.78 is 72.1. The Bertz CT molecular complexity index is 1970. The third-order valence-corrected chi connectivity index (χ3v) is 10.2. The van der Waals surface area contributed by atoms with Crippen LogP contribution in [-0.4, -0.2) is 109 Å². The van der Waals surface area contributed by atoms with Crippen LogP contribution in [0.25, 0.3) is 22.3 Å². The number of ether oxygens (including phenoxy) is 3. The van der Waals surface area contributed by atoms with Crippen LogP contribution >= 0.6 is 14.2 Å². The molecule has 10 atom stereocenters. The Morgan fingerprint density at radius 1 is 1.04 bits per heavy atom. The molecule has 0 aromatic carbocycles. The number of halogens is 1. The van der Waals surface area contributed by atoms with Gasteiger partial charge in [0, 0.05) is 7.11 Å². The molecule has 3 saturated heterocycles. The van der Waals surface area contributed by atoms with E-state index in [1.54, 1.807) is 0 Å². The molecule has 6 N–H and O–H groups in total. The fourth-order valence-electron chi connectivity index (χ4n) is 5.56. The molecule has 4 aromatic rings. The van der Waals surface area contributed by atoms with Crippen LogP contribution in [0, 0.1) is 0 Å². The molecule has 20 nitrogen and oxygen atoms in total. The molecule has 0 saturated carbocycles. The van der Waals surface area contributed by atoms with Gasteiger partial charge in [0.15, 0.2) is 41.3 Å². The fraction of sp³-hybridized carbons (Fsp3) is 0.524. The molecule has 46 heavy (non-hydrogen) atoms. The first kappa shape index (κ1) is 31.6. The number of nitrogens with one attached hydrogen (secondary N) is 1. The predicted molar refractivity (Wildman–Crippen MR) is 157 cm³/mol. The number of H-pyrrole nitrogens is 1. The molecule has 3 radical (unpaired) electrons.